The van der Waals surface area contributed by atoms with Gasteiger partial charge in [0.05, 0.1) is 4.92 Å². The standard InChI is InChI=1S/C26H31N5O6/c1-16(2)14-21(25(34)27-18-8-10-19(11-9-18)31(36)37)29-26(35)22(15-17-6-4-3-5-7-17)30-24(33)20-12-13-23(32)28-20/h3-11,16,20-22H,12-15H2,1-2H3,(H,27,34)(H,28,32)(H,29,35)(H,30,33)/t20-,21-,22-/m0/s1. The second-order valence-electron chi connectivity index (χ2n) is 9.39. The van der Waals surface area contributed by atoms with Gasteiger partial charge < -0.3 is 21.3 Å². The van der Waals surface area contributed by atoms with Crippen LogP contribution in [0.3, 0.4) is 0 Å². The fraction of sp³-hybridized carbons (Fsp3) is 0.385. The number of rotatable bonds is 11. The number of anilines is 1. The number of nitro benzene ring substituents is 1. The van der Waals surface area contributed by atoms with Crippen LogP contribution in [0.15, 0.2) is 54.6 Å². The Morgan fingerprint density at radius 1 is 1.00 bits per heavy atom. The average molecular weight is 510 g/mol. The zero-order chi connectivity index (χ0) is 26.9. The Morgan fingerprint density at radius 2 is 1.68 bits per heavy atom. The highest BCUT2D eigenvalue weighted by molar-refractivity contribution is 5.99. The molecule has 0 aliphatic carbocycles. The van der Waals surface area contributed by atoms with Crippen LogP contribution < -0.4 is 21.3 Å². The normalized spacial score (nSPS) is 16.4. The van der Waals surface area contributed by atoms with Crippen LogP contribution in [0.5, 0.6) is 0 Å². The van der Waals surface area contributed by atoms with E-state index in [-0.39, 0.29) is 30.4 Å². The van der Waals surface area contributed by atoms with Crippen LogP contribution in [-0.2, 0) is 25.6 Å². The van der Waals surface area contributed by atoms with Gasteiger partial charge in [-0.25, -0.2) is 0 Å². The molecule has 2 aromatic carbocycles. The van der Waals surface area contributed by atoms with Crippen molar-refractivity contribution in [3.8, 4) is 0 Å². The van der Waals surface area contributed by atoms with Crippen molar-refractivity contribution in [2.24, 2.45) is 5.92 Å². The molecule has 196 valence electrons. The Kier molecular flexibility index (Phi) is 9.31. The zero-order valence-corrected chi connectivity index (χ0v) is 20.7. The Hall–Kier alpha value is -4.28. The van der Waals surface area contributed by atoms with Crippen molar-refractivity contribution >= 4 is 35.0 Å². The predicted molar refractivity (Wildman–Crippen MR) is 136 cm³/mol. The van der Waals surface area contributed by atoms with E-state index in [0.29, 0.717) is 18.5 Å². The van der Waals surface area contributed by atoms with E-state index in [2.05, 4.69) is 21.3 Å². The lowest BCUT2D eigenvalue weighted by atomic mass is 10.0. The first-order chi connectivity index (χ1) is 17.6. The van der Waals surface area contributed by atoms with Gasteiger partial charge in [-0.1, -0.05) is 44.2 Å². The van der Waals surface area contributed by atoms with Crippen LogP contribution >= 0.6 is 0 Å². The molecule has 4 N–H and O–H groups in total. The van der Waals surface area contributed by atoms with Gasteiger partial charge >= 0.3 is 0 Å². The lowest BCUT2D eigenvalue weighted by molar-refractivity contribution is -0.384. The van der Waals surface area contributed by atoms with Crippen LogP contribution in [0.25, 0.3) is 0 Å². The molecule has 4 amide bonds. The minimum absolute atomic E-state index is 0.0591. The molecule has 1 fully saturated rings. The summed E-state index contributed by atoms with van der Waals surface area (Å²) < 4.78 is 0. The van der Waals surface area contributed by atoms with Crippen molar-refractivity contribution < 1.29 is 24.1 Å². The molecule has 1 heterocycles. The third-order valence-corrected chi connectivity index (χ3v) is 5.91. The minimum atomic E-state index is -0.978. The van der Waals surface area contributed by atoms with Gasteiger partial charge in [0.1, 0.15) is 18.1 Å². The highest BCUT2D eigenvalue weighted by Crippen LogP contribution is 2.17. The van der Waals surface area contributed by atoms with Crippen molar-refractivity contribution in [3.05, 3.63) is 70.3 Å². The van der Waals surface area contributed by atoms with Crippen molar-refractivity contribution in [3.63, 3.8) is 0 Å². The molecule has 3 rings (SSSR count). The van der Waals surface area contributed by atoms with E-state index in [0.717, 1.165) is 5.56 Å². The van der Waals surface area contributed by atoms with Crippen molar-refractivity contribution in [1.82, 2.24) is 16.0 Å². The summed E-state index contributed by atoms with van der Waals surface area (Å²) in [5, 5.41) is 21.7. The molecule has 0 bridgehead atoms. The third kappa shape index (κ3) is 8.13. The summed E-state index contributed by atoms with van der Waals surface area (Å²) in [6, 6.07) is 11.9. The number of nitro groups is 1. The predicted octanol–water partition coefficient (Wildman–Crippen LogP) is 2.07. The average Bonchev–Trinajstić information content (AvgIpc) is 3.30. The maximum Gasteiger partial charge on any atom is 0.269 e. The van der Waals surface area contributed by atoms with Crippen molar-refractivity contribution in [1.29, 1.82) is 0 Å². The fourth-order valence-electron chi connectivity index (χ4n) is 4.01. The topological polar surface area (TPSA) is 160 Å². The van der Waals surface area contributed by atoms with Gasteiger partial charge in [-0.3, -0.25) is 29.3 Å². The molecule has 0 radical (unpaired) electrons. The van der Waals surface area contributed by atoms with Crippen LogP contribution in [0.2, 0.25) is 0 Å². The van der Waals surface area contributed by atoms with E-state index >= 15 is 0 Å². The van der Waals surface area contributed by atoms with E-state index in [1.54, 1.807) is 0 Å². The summed E-state index contributed by atoms with van der Waals surface area (Å²) in [6.45, 7) is 3.81. The first-order valence-corrected chi connectivity index (χ1v) is 12.1. The number of nitrogens with zero attached hydrogens (tertiary/aromatic N) is 1. The van der Waals surface area contributed by atoms with Crippen LogP contribution in [0, 0.1) is 16.0 Å². The van der Waals surface area contributed by atoms with Gasteiger partial charge in [-0.05, 0) is 36.5 Å². The van der Waals surface area contributed by atoms with Crippen molar-refractivity contribution in [2.75, 3.05) is 5.32 Å². The van der Waals surface area contributed by atoms with Crippen LogP contribution in [0.4, 0.5) is 11.4 Å². The molecule has 1 aliphatic rings. The summed E-state index contributed by atoms with van der Waals surface area (Å²) in [4.78, 5) is 61.1. The summed E-state index contributed by atoms with van der Waals surface area (Å²) in [6.07, 6.45) is 1.11. The lowest BCUT2D eigenvalue weighted by Gasteiger charge is -2.25. The maximum atomic E-state index is 13.4. The van der Waals surface area contributed by atoms with Gasteiger partial charge in [0, 0.05) is 30.7 Å². The van der Waals surface area contributed by atoms with Gasteiger partial charge in [0.2, 0.25) is 23.6 Å². The molecule has 11 nitrogen and oxygen atoms in total. The number of non-ortho nitro benzene ring substituents is 1. The SMILES string of the molecule is CC(C)C[C@H](NC(=O)[C@H](Cc1ccccc1)NC(=O)[C@@H]1CCC(=O)N1)C(=O)Nc1ccc([N+](=O)[O-])cc1. The number of hydrogen-bond donors (Lipinski definition) is 4. The maximum absolute atomic E-state index is 13.4. The molecular weight excluding hydrogens is 478 g/mol. The Labute approximate surface area is 214 Å². The minimum Gasteiger partial charge on any atom is -0.344 e. The number of hydrogen-bond acceptors (Lipinski definition) is 6. The van der Waals surface area contributed by atoms with Gasteiger partial charge in [-0.15, -0.1) is 0 Å². The highest BCUT2D eigenvalue weighted by atomic mass is 16.6. The Bertz CT molecular complexity index is 1140. The molecule has 0 unspecified atom stereocenters. The van der Waals surface area contributed by atoms with E-state index in [4.69, 9.17) is 0 Å². The number of amides is 4. The molecule has 1 saturated heterocycles. The molecule has 0 aromatic heterocycles. The van der Waals surface area contributed by atoms with Crippen LogP contribution in [-0.4, -0.2) is 46.7 Å². The zero-order valence-electron chi connectivity index (χ0n) is 20.7. The Morgan fingerprint density at radius 3 is 2.24 bits per heavy atom. The molecule has 2 aromatic rings. The van der Waals surface area contributed by atoms with Gasteiger partial charge in [0.15, 0.2) is 0 Å². The van der Waals surface area contributed by atoms with E-state index < -0.39 is 40.8 Å². The van der Waals surface area contributed by atoms with E-state index in [1.807, 2.05) is 44.2 Å². The third-order valence-electron chi connectivity index (χ3n) is 5.91. The molecular formula is C26H31N5O6. The Balaban J connectivity index is 1.74. The first-order valence-electron chi connectivity index (χ1n) is 12.1. The smallest absolute Gasteiger partial charge is 0.269 e. The van der Waals surface area contributed by atoms with Crippen LogP contribution in [0.1, 0.15) is 38.7 Å². The molecule has 0 spiro atoms. The number of nitrogens with one attached hydrogen (secondary N) is 4. The molecule has 37 heavy (non-hydrogen) atoms. The van der Waals surface area contributed by atoms with E-state index in [1.165, 1.54) is 24.3 Å². The summed E-state index contributed by atoms with van der Waals surface area (Å²) in [5.41, 5.74) is 1.06. The number of benzene rings is 2. The quantitative estimate of drug-likeness (QED) is 0.268. The summed E-state index contributed by atoms with van der Waals surface area (Å²) in [5.74, 6) is -1.64. The van der Waals surface area contributed by atoms with Gasteiger partial charge in [-0.2, -0.15) is 0 Å². The first kappa shape index (κ1) is 27.3. The number of carbonyl (C=O) groups is 4. The molecule has 1 aliphatic heterocycles. The largest absolute Gasteiger partial charge is 0.344 e. The molecule has 3 atom stereocenters. The van der Waals surface area contributed by atoms with Crippen molar-refractivity contribution in [2.45, 2.75) is 57.7 Å². The highest BCUT2D eigenvalue weighted by Gasteiger charge is 2.32. The number of carbonyl (C=O) groups excluding carboxylic acids is 4. The summed E-state index contributed by atoms with van der Waals surface area (Å²) in [7, 11) is 0. The second-order valence-corrected chi connectivity index (χ2v) is 9.39. The van der Waals surface area contributed by atoms with Gasteiger partial charge in [0.25, 0.3) is 5.69 Å². The van der Waals surface area contributed by atoms with E-state index in [9.17, 15) is 29.3 Å². The molecule has 0 saturated carbocycles. The second kappa shape index (κ2) is 12.6. The lowest BCUT2D eigenvalue weighted by Crippen LogP contribution is -2.56. The monoisotopic (exact) mass is 509 g/mol. The molecule has 11 heteroatoms. The summed E-state index contributed by atoms with van der Waals surface area (Å²) >= 11 is 0. The fourth-order valence-corrected chi connectivity index (χ4v) is 4.01.